The summed E-state index contributed by atoms with van der Waals surface area (Å²) in [6, 6.07) is 10.4. The van der Waals surface area contributed by atoms with Crippen molar-refractivity contribution in [3.8, 4) is 16.9 Å². The molecule has 0 bridgehead atoms. The summed E-state index contributed by atoms with van der Waals surface area (Å²) >= 11 is 3.27. The zero-order chi connectivity index (χ0) is 15.0. The maximum Gasteiger partial charge on any atom is 0.204 e. The van der Waals surface area contributed by atoms with Crippen molar-refractivity contribution < 1.29 is 13.9 Å². The molecule has 0 aliphatic heterocycles. The molecule has 3 aromatic rings. The second-order valence-electron chi connectivity index (χ2n) is 4.52. The maximum atomic E-state index is 13.4. The smallest absolute Gasteiger partial charge is 0.204 e. The standard InChI is InChI=1S/C16H10BrFO3/c17-8-13-14(9-3-1-4-10(18)7-9)16(20)15-11(19)5-2-6-12(15)21-13/h1-7,19H,8H2. The molecular formula is C16H10BrFO3. The molecule has 106 valence electrons. The minimum atomic E-state index is -0.440. The number of alkyl halides is 1. The van der Waals surface area contributed by atoms with Crippen molar-refractivity contribution in [2.75, 3.05) is 0 Å². The predicted molar refractivity (Wildman–Crippen MR) is 82.2 cm³/mol. The van der Waals surface area contributed by atoms with Crippen LogP contribution in [-0.4, -0.2) is 5.11 Å². The fourth-order valence-electron chi connectivity index (χ4n) is 2.30. The van der Waals surface area contributed by atoms with Gasteiger partial charge in [0.05, 0.1) is 10.9 Å². The van der Waals surface area contributed by atoms with Gasteiger partial charge in [0.25, 0.3) is 0 Å². The molecule has 1 aromatic heterocycles. The second kappa shape index (κ2) is 5.33. The van der Waals surface area contributed by atoms with E-state index < -0.39 is 5.82 Å². The lowest BCUT2D eigenvalue weighted by atomic mass is 10.0. The number of fused-ring (bicyclic) bond motifs is 1. The molecule has 0 aliphatic rings. The molecule has 0 aliphatic carbocycles. The van der Waals surface area contributed by atoms with E-state index >= 15 is 0 Å². The normalized spacial score (nSPS) is 11.0. The highest BCUT2D eigenvalue weighted by atomic mass is 79.9. The number of phenolic OH excluding ortho intramolecular Hbond substituents is 1. The first-order valence-corrected chi connectivity index (χ1v) is 7.33. The summed E-state index contributed by atoms with van der Waals surface area (Å²) in [6.07, 6.45) is 0. The summed E-state index contributed by atoms with van der Waals surface area (Å²) in [5.74, 6) is -0.200. The van der Waals surface area contributed by atoms with Crippen LogP contribution in [0.3, 0.4) is 0 Å². The van der Waals surface area contributed by atoms with E-state index in [0.29, 0.717) is 22.2 Å². The first-order valence-electron chi connectivity index (χ1n) is 6.21. The van der Waals surface area contributed by atoms with Gasteiger partial charge in [0.2, 0.25) is 5.43 Å². The van der Waals surface area contributed by atoms with Gasteiger partial charge >= 0.3 is 0 Å². The van der Waals surface area contributed by atoms with Crippen molar-refractivity contribution in [3.05, 3.63) is 64.3 Å². The molecule has 0 saturated heterocycles. The quantitative estimate of drug-likeness (QED) is 0.706. The molecule has 2 aromatic carbocycles. The fraction of sp³-hybridized carbons (Fsp3) is 0.0625. The SMILES string of the molecule is O=c1c(-c2cccc(F)c2)c(CBr)oc2cccc(O)c12. The van der Waals surface area contributed by atoms with Crippen LogP contribution in [0, 0.1) is 5.82 Å². The summed E-state index contributed by atoms with van der Waals surface area (Å²) in [5, 5.41) is 10.3. The molecule has 0 amide bonds. The highest BCUT2D eigenvalue weighted by Crippen LogP contribution is 2.29. The summed E-state index contributed by atoms with van der Waals surface area (Å²) in [7, 11) is 0. The van der Waals surface area contributed by atoms with E-state index in [0.717, 1.165) is 0 Å². The van der Waals surface area contributed by atoms with E-state index in [1.807, 2.05) is 0 Å². The maximum absolute atomic E-state index is 13.4. The van der Waals surface area contributed by atoms with Gasteiger partial charge in [0.1, 0.15) is 28.3 Å². The molecule has 21 heavy (non-hydrogen) atoms. The van der Waals surface area contributed by atoms with Crippen molar-refractivity contribution in [2.24, 2.45) is 0 Å². The third kappa shape index (κ3) is 2.34. The van der Waals surface area contributed by atoms with Gasteiger partial charge in [0.15, 0.2) is 0 Å². The van der Waals surface area contributed by atoms with Crippen LogP contribution >= 0.6 is 15.9 Å². The molecule has 3 rings (SSSR count). The van der Waals surface area contributed by atoms with Crippen molar-refractivity contribution in [1.82, 2.24) is 0 Å². The Morgan fingerprint density at radius 1 is 1.19 bits per heavy atom. The van der Waals surface area contributed by atoms with Crippen molar-refractivity contribution >= 4 is 26.9 Å². The predicted octanol–water partition coefficient (Wildman–Crippen LogP) is 4.20. The highest BCUT2D eigenvalue weighted by Gasteiger charge is 2.17. The van der Waals surface area contributed by atoms with Gasteiger partial charge in [-0.15, -0.1) is 0 Å². The summed E-state index contributed by atoms with van der Waals surface area (Å²) in [5.41, 5.74) is 0.590. The Kier molecular flexibility index (Phi) is 3.51. The largest absolute Gasteiger partial charge is 0.507 e. The number of hydrogen-bond donors (Lipinski definition) is 1. The van der Waals surface area contributed by atoms with Crippen LogP contribution < -0.4 is 5.43 Å². The lowest BCUT2D eigenvalue weighted by Gasteiger charge is -2.09. The lowest BCUT2D eigenvalue weighted by Crippen LogP contribution is -2.08. The molecule has 1 N–H and O–H groups in total. The zero-order valence-corrected chi connectivity index (χ0v) is 12.4. The van der Waals surface area contributed by atoms with E-state index in [4.69, 9.17) is 4.42 Å². The number of phenols is 1. The van der Waals surface area contributed by atoms with Gasteiger partial charge in [-0.3, -0.25) is 4.79 Å². The third-order valence-corrected chi connectivity index (χ3v) is 3.71. The van der Waals surface area contributed by atoms with Crippen LogP contribution in [0.15, 0.2) is 51.7 Å². The van der Waals surface area contributed by atoms with Crippen LogP contribution in [-0.2, 0) is 5.33 Å². The fourth-order valence-corrected chi connectivity index (χ4v) is 2.69. The molecule has 1 heterocycles. The topological polar surface area (TPSA) is 50.4 Å². The number of hydrogen-bond acceptors (Lipinski definition) is 3. The third-order valence-electron chi connectivity index (χ3n) is 3.21. The van der Waals surface area contributed by atoms with Gasteiger partial charge in [0, 0.05) is 0 Å². The van der Waals surface area contributed by atoms with Crippen LogP contribution in [0.2, 0.25) is 0 Å². The number of aromatic hydroxyl groups is 1. The Hall–Kier alpha value is -2.14. The zero-order valence-electron chi connectivity index (χ0n) is 10.8. The molecule has 0 fully saturated rings. The van der Waals surface area contributed by atoms with Gasteiger partial charge in [-0.2, -0.15) is 0 Å². The van der Waals surface area contributed by atoms with E-state index in [1.165, 1.54) is 24.3 Å². The van der Waals surface area contributed by atoms with Gasteiger partial charge in [-0.25, -0.2) is 4.39 Å². The van der Waals surface area contributed by atoms with Gasteiger partial charge in [-0.05, 0) is 29.8 Å². The van der Waals surface area contributed by atoms with Gasteiger partial charge < -0.3 is 9.52 Å². The minimum Gasteiger partial charge on any atom is -0.507 e. The Morgan fingerprint density at radius 2 is 1.95 bits per heavy atom. The molecule has 0 saturated carbocycles. The minimum absolute atomic E-state index is 0.0986. The second-order valence-corrected chi connectivity index (χ2v) is 5.08. The monoisotopic (exact) mass is 348 g/mol. The van der Waals surface area contributed by atoms with E-state index in [9.17, 15) is 14.3 Å². The number of benzene rings is 2. The van der Waals surface area contributed by atoms with Gasteiger partial charge in [-0.1, -0.05) is 34.1 Å². The summed E-state index contributed by atoms with van der Waals surface area (Å²) < 4.78 is 19.1. The first-order chi connectivity index (χ1) is 10.1. The number of rotatable bonds is 2. The molecule has 0 atom stereocenters. The highest BCUT2D eigenvalue weighted by molar-refractivity contribution is 9.08. The Labute approximate surface area is 127 Å². The van der Waals surface area contributed by atoms with E-state index in [2.05, 4.69) is 15.9 Å². The van der Waals surface area contributed by atoms with Crippen molar-refractivity contribution in [1.29, 1.82) is 0 Å². The Morgan fingerprint density at radius 3 is 2.67 bits per heavy atom. The Bertz CT molecular complexity index is 886. The lowest BCUT2D eigenvalue weighted by molar-refractivity contribution is 0.478. The van der Waals surface area contributed by atoms with E-state index in [-0.39, 0.29) is 22.1 Å². The average Bonchev–Trinajstić information content (AvgIpc) is 2.46. The van der Waals surface area contributed by atoms with E-state index in [1.54, 1.807) is 18.2 Å². The molecule has 0 spiro atoms. The number of halogens is 2. The van der Waals surface area contributed by atoms with Crippen LogP contribution in [0.4, 0.5) is 4.39 Å². The molecular weight excluding hydrogens is 339 g/mol. The van der Waals surface area contributed by atoms with Crippen molar-refractivity contribution in [3.63, 3.8) is 0 Å². The summed E-state index contributed by atoms with van der Waals surface area (Å²) in [6.45, 7) is 0. The summed E-state index contributed by atoms with van der Waals surface area (Å²) in [4.78, 5) is 12.7. The van der Waals surface area contributed by atoms with Crippen LogP contribution in [0.25, 0.3) is 22.1 Å². The molecule has 0 unspecified atom stereocenters. The van der Waals surface area contributed by atoms with Crippen molar-refractivity contribution in [2.45, 2.75) is 5.33 Å². The molecule has 0 radical (unpaired) electrons. The first kappa shape index (κ1) is 13.8. The Balaban J connectivity index is 2.44. The average molecular weight is 349 g/mol. The van der Waals surface area contributed by atoms with Crippen LogP contribution in [0.1, 0.15) is 5.76 Å². The molecule has 5 heteroatoms. The van der Waals surface area contributed by atoms with Crippen LogP contribution in [0.5, 0.6) is 5.75 Å². The molecule has 3 nitrogen and oxygen atoms in total.